The van der Waals surface area contributed by atoms with Crippen molar-refractivity contribution in [1.29, 1.82) is 0 Å². The Labute approximate surface area is 95.6 Å². The predicted molar refractivity (Wildman–Crippen MR) is 59.6 cm³/mol. The Bertz CT molecular complexity index is 302. The van der Waals surface area contributed by atoms with Gasteiger partial charge in [0.1, 0.15) is 0 Å². The molecule has 0 aromatic carbocycles. The number of carbonyl (C=O) groups excluding carboxylic acids is 2. The van der Waals surface area contributed by atoms with Gasteiger partial charge in [0.05, 0.1) is 12.6 Å². The van der Waals surface area contributed by atoms with Crippen LogP contribution in [0.4, 0.5) is 0 Å². The number of nitrogens with two attached hydrogens (primary N) is 1. The number of hydrogen-bond donors (Lipinski definition) is 1. The summed E-state index contributed by atoms with van der Waals surface area (Å²) in [5.74, 6) is -0.0169. The van der Waals surface area contributed by atoms with Crippen molar-refractivity contribution >= 4 is 11.8 Å². The normalized spacial score (nSPS) is 23.5. The van der Waals surface area contributed by atoms with Gasteiger partial charge in [-0.25, -0.2) is 0 Å². The first-order chi connectivity index (χ1) is 7.63. The first-order valence-corrected chi connectivity index (χ1v) is 5.97. The lowest BCUT2D eigenvalue weighted by atomic mass is 10.2. The van der Waals surface area contributed by atoms with Gasteiger partial charge in [-0.15, -0.1) is 0 Å². The van der Waals surface area contributed by atoms with E-state index in [0.29, 0.717) is 25.6 Å². The van der Waals surface area contributed by atoms with E-state index in [1.807, 2.05) is 11.8 Å². The van der Waals surface area contributed by atoms with Gasteiger partial charge in [0.15, 0.2) is 0 Å². The lowest BCUT2D eigenvalue weighted by Crippen LogP contribution is -2.56. The molecule has 1 aliphatic heterocycles. The molecule has 1 saturated heterocycles. The zero-order valence-corrected chi connectivity index (χ0v) is 9.69. The van der Waals surface area contributed by atoms with Crippen molar-refractivity contribution in [3.63, 3.8) is 0 Å². The van der Waals surface area contributed by atoms with Crippen LogP contribution in [-0.4, -0.2) is 53.3 Å². The fraction of sp³-hybridized carbons (Fsp3) is 0.818. The summed E-state index contributed by atoms with van der Waals surface area (Å²) in [6.07, 6.45) is 2.86. The van der Waals surface area contributed by atoms with Crippen molar-refractivity contribution in [3.05, 3.63) is 0 Å². The van der Waals surface area contributed by atoms with Gasteiger partial charge in [0, 0.05) is 19.1 Å². The number of hydrogen-bond acceptors (Lipinski definition) is 3. The van der Waals surface area contributed by atoms with Crippen molar-refractivity contribution in [2.24, 2.45) is 5.73 Å². The fourth-order valence-electron chi connectivity index (χ4n) is 2.06. The molecule has 1 aliphatic carbocycles. The molecule has 0 aromatic rings. The summed E-state index contributed by atoms with van der Waals surface area (Å²) in [6.45, 7) is 3.40. The topological polar surface area (TPSA) is 66.6 Å². The van der Waals surface area contributed by atoms with Crippen LogP contribution < -0.4 is 5.73 Å². The highest BCUT2D eigenvalue weighted by molar-refractivity contribution is 5.88. The summed E-state index contributed by atoms with van der Waals surface area (Å²) in [5, 5.41) is 0. The highest BCUT2D eigenvalue weighted by Gasteiger charge is 2.37. The molecule has 0 bridgehead atoms. The van der Waals surface area contributed by atoms with Crippen LogP contribution in [0.1, 0.15) is 26.2 Å². The van der Waals surface area contributed by atoms with Gasteiger partial charge < -0.3 is 15.5 Å². The lowest BCUT2D eigenvalue weighted by molar-refractivity contribution is -0.146. The molecule has 2 aliphatic rings. The maximum atomic E-state index is 11.8. The Morgan fingerprint density at radius 1 is 1.50 bits per heavy atom. The number of nitrogens with zero attached hydrogens (tertiary/aromatic N) is 2. The second-order valence-corrected chi connectivity index (χ2v) is 4.59. The van der Waals surface area contributed by atoms with Crippen LogP contribution in [0.25, 0.3) is 0 Å². The van der Waals surface area contributed by atoms with E-state index >= 15 is 0 Å². The molecule has 2 N–H and O–H groups in total. The molecule has 2 rings (SSSR count). The van der Waals surface area contributed by atoms with Crippen LogP contribution in [0.15, 0.2) is 0 Å². The highest BCUT2D eigenvalue weighted by atomic mass is 16.2. The van der Waals surface area contributed by atoms with E-state index in [-0.39, 0.29) is 18.4 Å². The zero-order valence-electron chi connectivity index (χ0n) is 9.69. The number of rotatable bonds is 3. The molecule has 2 fully saturated rings. The van der Waals surface area contributed by atoms with Crippen molar-refractivity contribution in [2.75, 3.05) is 19.6 Å². The third kappa shape index (κ3) is 2.19. The van der Waals surface area contributed by atoms with Crippen LogP contribution in [0.2, 0.25) is 0 Å². The number of amides is 2. The Kier molecular flexibility index (Phi) is 3.14. The Balaban J connectivity index is 1.91. The maximum absolute atomic E-state index is 11.8. The molecule has 0 spiro atoms. The molecule has 16 heavy (non-hydrogen) atoms. The van der Waals surface area contributed by atoms with Gasteiger partial charge in [0.25, 0.3) is 0 Å². The third-order valence-corrected chi connectivity index (χ3v) is 3.31. The minimum Gasteiger partial charge on any atom is -0.336 e. The van der Waals surface area contributed by atoms with E-state index in [4.69, 9.17) is 5.73 Å². The van der Waals surface area contributed by atoms with E-state index in [2.05, 4.69) is 0 Å². The highest BCUT2D eigenvalue weighted by Crippen LogP contribution is 2.28. The third-order valence-electron chi connectivity index (χ3n) is 3.31. The second-order valence-electron chi connectivity index (χ2n) is 4.59. The zero-order chi connectivity index (χ0) is 11.7. The van der Waals surface area contributed by atoms with Gasteiger partial charge in [-0.3, -0.25) is 9.59 Å². The average Bonchev–Trinajstić information content (AvgIpc) is 3.10. The average molecular weight is 225 g/mol. The first kappa shape index (κ1) is 11.4. The van der Waals surface area contributed by atoms with E-state index in [9.17, 15) is 9.59 Å². The van der Waals surface area contributed by atoms with Crippen molar-refractivity contribution in [2.45, 2.75) is 38.3 Å². The molecular weight excluding hydrogens is 206 g/mol. The summed E-state index contributed by atoms with van der Waals surface area (Å²) in [6, 6.07) is -0.00937. The SMILES string of the molecule is CC[C@H](N)C(=O)N1CCN(C2CC2)C(=O)C1. The lowest BCUT2D eigenvalue weighted by Gasteiger charge is -2.35. The van der Waals surface area contributed by atoms with Gasteiger partial charge >= 0.3 is 0 Å². The summed E-state index contributed by atoms with van der Waals surface area (Å²) in [5.41, 5.74) is 5.68. The molecule has 5 nitrogen and oxygen atoms in total. The molecule has 1 heterocycles. The Morgan fingerprint density at radius 3 is 2.69 bits per heavy atom. The minimum atomic E-state index is -0.458. The smallest absolute Gasteiger partial charge is 0.242 e. The summed E-state index contributed by atoms with van der Waals surface area (Å²) < 4.78 is 0. The quantitative estimate of drug-likeness (QED) is 0.708. The largest absolute Gasteiger partial charge is 0.336 e. The van der Waals surface area contributed by atoms with E-state index in [1.54, 1.807) is 4.90 Å². The van der Waals surface area contributed by atoms with Gasteiger partial charge in [-0.2, -0.15) is 0 Å². The molecule has 5 heteroatoms. The molecule has 0 aromatic heterocycles. The van der Waals surface area contributed by atoms with Crippen LogP contribution in [0.3, 0.4) is 0 Å². The van der Waals surface area contributed by atoms with Crippen LogP contribution >= 0.6 is 0 Å². The standard InChI is InChI=1S/C11H19N3O2/c1-2-9(12)11(16)13-5-6-14(8-3-4-8)10(15)7-13/h8-9H,2-7,12H2,1H3/t9-/m0/s1. The van der Waals surface area contributed by atoms with Gasteiger partial charge in [-0.1, -0.05) is 6.92 Å². The number of piperazine rings is 1. The van der Waals surface area contributed by atoms with Gasteiger partial charge in [0.2, 0.25) is 11.8 Å². The maximum Gasteiger partial charge on any atom is 0.242 e. The van der Waals surface area contributed by atoms with Crippen LogP contribution in [0.5, 0.6) is 0 Å². The number of carbonyl (C=O) groups is 2. The Morgan fingerprint density at radius 2 is 2.19 bits per heavy atom. The van der Waals surface area contributed by atoms with Crippen molar-refractivity contribution in [1.82, 2.24) is 9.80 Å². The molecule has 0 unspecified atom stereocenters. The van der Waals surface area contributed by atoms with Crippen LogP contribution in [-0.2, 0) is 9.59 Å². The van der Waals surface area contributed by atoms with Crippen molar-refractivity contribution in [3.8, 4) is 0 Å². The second kappa shape index (κ2) is 4.41. The van der Waals surface area contributed by atoms with Gasteiger partial charge in [-0.05, 0) is 19.3 Å². The van der Waals surface area contributed by atoms with E-state index < -0.39 is 6.04 Å². The van der Waals surface area contributed by atoms with Crippen molar-refractivity contribution < 1.29 is 9.59 Å². The van der Waals surface area contributed by atoms with Crippen LogP contribution in [0, 0.1) is 0 Å². The predicted octanol–water partition coefficient (Wildman–Crippen LogP) is -0.443. The molecular formula is C11H19N3O2. The Hall–Kier alpha value is -1.10. The molecule has 1 saturated carbocycles. The monoisotopic (exact) mass is 225 g/mol. The summed E-state index contributed by atoms with van der Waals surface area (Å²) in [4.78, 5) is 27.1. The molecule has 1 atom stereocenters. The summed E-state index contributed by atoms with van der Waals surface area (Å²) >= 11 is 0. The molecule has 0 radical (unpaired) electrons. The van der Waals surface area contributed by atoms with E-state index in [0.717, 1.165) is 12.8 Å². The minimum absolute atomic E-state index is 0.0744. The van der Waals surface area contributed by atoms with E-state index in [1.165, 1.54) is 0 Å². The molecule has 90 valence electrons. The first-order valence-electron chi connectivity index (χ1n) is 5.97. The molecule has 2 amide bonds. The fourth-order valence-corrected chi connectivity index (χ4v) is 2.06. The summed E-state index contributed by atoms with van der Waals surface area (Å²) in [7, 11) is 0.